The van der Waals surface area contributed by atoms with Gasteiger partial charge in [0, 0.05) is 18.2 Å². The van der Waals surface area contributed by atoms with Gasteiger partial charge in [-0.15, -0.1) is 0 Å². The third kappa shape index (κ3) is 5.54. The number of amides is 2. The summed E-state index contributed by atoms with van der Waals surface area (Å²) in [7, 11) is 0. The Hall–Kier alpha value is -2.96. The Balaban J connectivity index is 1.96. The van der Waals surface area contributed by atoms with Crippen LogP contribution in [0.5, 0.6) is 5.75 Å². The Kier molecular flexibility index (Phi) is 6.66. The van der Waals surface area contributed by atoms with Crippen LogP contribution in [0.2, 0.25) is 0 Å². The highest BCUT2D eigenvalue weighted by Gasteiger charge is 2.15. The van der Waals surface area contributed by atoms with Crippen molar-refractivity contribution in [3.63, 3.8) is 0 Å². The summed E-state index contributed by atoms with van der Waals surface area (Å²) in [5.74, 6) is -0.892. The number of carbonyl (C=O) groups is 2. The standard InChI is InChI=1S/C19H20F2N2O3/c1-12(2)17(24)23-14-9-7-13(8-10-14)11-22-18(25)15-5-3-4-6-16(15)26-19(20)21/h3-10,12,19H,11H2,1-2H3,(H,22,25)(H,23,24). The van der Waals surface area contributed by atoms with Gasteiger partial charge in [-0.05, 0) is 29.8 Å². The number of alkyl halides is 2. The molecule has 0 unspecified atom stereocenters. The van der Waals surface area contributed by atoms with E-state index in [4.69, 9.17) is 0 Å². The number of halogens is 2. The van der Waals surface area contributed by atoms with Gasteiger partial charge in [-0.3, -0.25) is 9.59 Å². The van der Waals surface area contributed by atoms with Crippen LogP contribution in [-0.2, 0) is 11.3 Å². The van der Waals surface area contributed by atoms with Gasteiger partial charge in [0.05, 0.1) is 5.56 Å². The molecule has 0 atom stereocenters. The van der Waals surface area contributed by atoms with E-state index >= 15 is 0 Å². The quantitative estimate of drug-likeness (QED) is 0.787. The number of hydrogen-bond donors (Lipinski definition) is 2. The molecule has 0 spiro atoms. The number of nitrogens with one attached hydrogen (secondary N) is 2. The minimum absolute atomic E-state index is 0.0358. The summed E-state index contributed by atoms with van der Waals surface area (Å²) in [6.45, 7) is 0.807. The molecular weight excluding hydrogens is 342 g/mol. The Morgan fingerprint density at radius 3 is 2.31 bits per heavy atom. The van der Waals surface area contributed by atoms with Crippen molar-refractivity contribution in [2.24, 2.45) is 5.92 Å². The fourth-order valence-electron chi connectivity index (χ4n) is 2.12. The molecule has 0 saturated carbocycles. The van der Waals surface area contributed by atoms with Crippen molar-refractivity contribution in [2.45, 2.75) is 27.0 Å². The third-order valence-electron chi connectivity index (χ3n) is 3.55. The summed E-state index contributed by atoms with van der Waals surface area (Å²) in [4.78, 5) is 23.9. The minimum Gasteiger partial charge on any atom is -0.434 e. The Morgan fingerprint density at radius 1 is 1.04 bits per heavy atom. The van der Waals surface area contributed by atoms with Crippen LogP contribution in [0.3, 0.4) is 0 Å². The highest BCUT2D eigenvalue weighted by Crippen LogP contribution is 2.20. The zero-order valence-electron chi connectivity index (χ0n) is 14.5. The lowest BCUT2D eigenvalue weighted by molar-refractivity contribution is -0.118. The van der Waals surface area contributed by atoms with Crippen molar-refractivity contribution in [3.8, 4) is 5.75 Å². The van der Waals surface area contributed by atoms with Gasteiger partial charge >= 0.3 is 6.61 Å². The Bertz CT molecular complexity index is 762. The Labute approximate surface area is 150 Å². The largest absolute Gasteiger partial charge is 0.434 e. The van der Waals surface area contributed by atoms with Gasteiger partial charge < -0.3 is 15.4 Å². The molecule has 0 bridgehead atoms. The van der Waals surface area contributed by atoms with Crippen LogP contribution in [0.25, 0.3) is 0 Å². The summed E-state index contributed by atoms with van der Waals surface area (Å²) in [5, 5.41) is 5.43. The summed E-state index contributed by atoms with van der Waals surface area (Å²) in [6, 6.07) is 12.8. The van der Waals surface area contributed by atoms with E-state index in [1.165, 1.54) is 18.2 Å². The average molecular weight is 362 g/mol. The molecule has 0 aliphatic heterocycles. The number of carbonyl (C=O) groups excluding carboxylic acids is 2. The number of hydrogen-bond acceptors (Lipinski definition) is 3. The third-order valence-corrected chi connectivity index (χ3v) is 3.55. The molecule has 0 saturated heterocycles. The second kappa shape index (κ2) is 8.94. The van der Waals surface area contributed by atoms with E-state index in [-0.39, 0.29) is 29.7 Å². The van der Waals surface area contributed by atoms with E-state index in [0.29, 0.717) is 5.69 Å². The number of rotatable bonds is 7. The van der Waals surface area contributed by atoms with Crippen molar-refractivity contribution in [2.75, 3.05) is 5.32 Å². The molecule has 138 valence electrons. The normalized spacial score (nSPS) is 10.7. The molecule has 0 fully saturated rings. The van der Waals surface area contributed by atoms with Crippen molar-refractivity contribution in [1.29, 1.82) is 0 Å². The van der Waals surface area contributed by atoms with Crippen molar-refractivity contribution < 1.29 is 23.1 Å². The summed E-state index contributed by atoms with van der Waals surface area (Å²) in [5.41, 5.74) is 1.50. The highest BCUT2D eigenvalue weighted by atomic mass is 19.3. The van der Waals surface area contributed by atoms with Gasteiger partial charge in [0.25, 0.3) is 5.91 Å². The molecule has 5 nitrogen and oxygen atoms in total. The lowest BCUT2D eigenvalue weighted by Crippen LogP contribution is -2.24. The molecule has 0 aliphatic rings. The molecule has 0 heterocycles. The van der Waals surface area contributed by atoms with E-state index in [0.717, 1.165) is 5.56 Å². The predicted molar refractivity (Wildman–Crippen MR) is 94.2 cm³/mol. The lowest BCUT2D eigenvalue weighted by atomic mass is 10.1. The average Bonchev–Trinajstić information content (AvgIpc) is 2.60. The maximum atomic E-state index is 12.4. The van der Waals surface area contributed by atoms with Crippen LogP contribution in [0, 0.1) is 5.92 Å². The summed E-state index contributed by atoms with van der Waals surface area (Å²) >= 11 is 0. The fraction of sp³-hybridized carbons (Fsp3) is 0.263. The van der Waals surface area contributed by atoms with Gasteiger partial charge in [0.2, 0.25) is 5.91 Å². The van der Waals surface area contributed by atoms with E-state index in [1.807, 2.05) is 0 Å². The second-order valence-electron chi connectivity index (χ2n) is 5.90. The van der Waals surface area contributed by atoms with Gasteiger partial charge in [-0.2, -0.15) is 8.78 Å². The number of para-hydroxylation sites is 1. The van der Waals surface area contributed by atoms with Crippen molar-refractivity contribution >= 4 is 17.5 Å². The molecule has 0 radical (unpaired) electrons. The first-order valence-corrected chi connectivity index (χ1v) is 8.08. The molecule has 2 rings (SSSR count). The topological polar surface area (TPSA) is 67.4 Å². The first kappa shape index (κ1) is 19.4. The molecule has 2 amide bonds. The van der Waals surface area contributed by atoms with Gasteiger partial charge in [0.15, 0.2) is 0 Å². The van der Waals surface area contributed by atoms with Crippen LogP contribution in [0.15, 0.2) is 48.5 Å². The molecular formula is C19H20F2N2O3. The van der Waals surface area contributed by atoms with E-state index in [2.05, 4.69) is 15.4 Å². The molecule has 0 aliphatic carbocycles. The summed E-state index contributed by atoms with van der Waals surface area (Å²) < 4.78 is 29.2. The second-order valence-corrected chi connectivity index (χ2v) is 5.90. The molecule has 2 N–H and O–H groups in total. The molecule has 7 heteroatoms. The van der Waals surface area contributed by atoms with Crippen LogP contribution in [0.4, 0.5) is 14.5 Å². The SMILES string of the molecule is CC(C)C(=O)Nc1ccc(CNC(=O)c2ccccc2OC(F)F)cc1. The maximum Gasteiger partial charge on any atom is 0.387 e. The number of benzene rings is 2. The first-order valence-electron chi connectivity index (χ1n) is 8.08. The van der Waals surface area contributed by atoms with Gasteiger partial charge in [-0.25, -0.2) is 0 Å². The van der Waals surface area contributed by atoms with E-state index < -0.39 is 12.5 Å². The van der Waals surface area contributed by atoms with Crippen LogP contribution in [-0.4, -0.2) is 18.4 Å². The molecule has 2 aromatic rings. The maximum absolute atomic E-state index is 12.4. The zero-order valence-corrected chi connectivity index (χ0v) is 14.5. The van der Waals surface area contributed by atoms with Crippen LogP contribution in [0.1, 0.15) is 29.8 Å². The van der Waals surface area contributed by atoms with Crippen LogP contribution < -0.4 is 15.4 Å². The van der Waals surface area contributed by atoms with Gasteiger partial charge in [-0.1, -0.05) is 38.1 Å². The fourth-order valence-corrected chi connectivity index (χ4v) is 2.12. The lowest BCUT2D eigenvalue weighted by Gasteiger charge is -2.11. The zero-order chi connectivity index (χ0) is 19.1. The smallest absolute Gasteiger partial charge is 0.387 e. The summed E-state index contributed by atoms with van der Waals surface area (Å²) in [6.07, 6.45) is 0. The predicted octanol–water partition coefficient (Wildman–Crippen LogP) is 3.81. The van der Waals surface area contributed by atoms with E-state index in [9.17, 15) is 18.4 Å². The Morgan fingerprint density at radius 2 is 1.69 bits per heavy atom. The number of ether oxygens (including phenoxy) is 1. The number of anilines is 1. The van der Waals surface area contributed by atoms with Crippen LogP contribution >= 0.6 is 0 Å². The van der Waals surface area contributed by atoms with Crippen molar-refractivity contribution in [1.82, 2.24) is 5.32 Å². The highest BCUT2D eigenvalue weighted by molar-refractivity contribution is 5.96. The molecule has 26 heavy (non-hydrogen) atoms. The van der Waals surface area contributed by atoms with Crippen molar-refractivity contribution in [3.05, 3.63) is 59.7 Å². The molecule has 2 aromatic carbocycles. The monoisotopic (exact) mass is 362 g/mol. The van der Waals surface area contributed by atoms with E-state index in [1.54, 1.807) is 44.2 Å². The molecule has 0 aromatic heterocycles. The minimum atomic E-state index is -3.00. The first-order chi connectivity index (χ1) is 12.4. The van der Waals surface area contributed by atoms with Gasteiger partial charge in [0.1, 0.15) is 5.75 Å².